The van der Waals surface area contributed by atoms with E-state index < -0.39 is 0 Å². The molecular formula is C13H26N2. The number of hydrogen-bond acceptors (Lipinski definition) is 1. The summed E-state index contributed by atoms with van der Waals surface area (Å²) in [6.45, 7) is 13.2. The monoisotopic (exact) mass is 210 g/mol. The van der Waals surface area contributed by atoms with Crippen molar-refractivity contribution in [3.8, 4) is 0 Å². The Labute approximate surface area is 94.7 Å². The van der Waals surface area contributed by atoms with E-state index in [1.54, 1.807) is 0 Å². The lowest BCUT2D eigenvalue weighted by molar-refractivity contribution is 0.522. The Morgan fingerprint density at radius 2 is 1.53 bits per heavy atom. The van der Waals surface area contributed by atoms with Crippen LogP contribution in [0.1, 0.15) is 78.1 Å². The van der Waals surface area contributed by atoms with Crippen LogP contribution in [0.3, 0.4) is 0 Å². The van der Waals surface area contributed by atoms with E-state index in [-0.39, 0.29) is 7.43 Å². The molecule has 0 atom stereocenters. The molecule has 0 aromatic carbocycles. The second-order valence-corrected chi connectivity index (χ2v) is 4.85. The fraction of sp³-hybridized carbons (Fsp3) is 0.769. The van der Waals surface area contributed by atoms with Crippen LogP contribution in [0, 0.1) is 0 Å². The summed E-state index contributed by atoms with van der Waals surface area (Å²) in [4.78, 5) is 0. The fourth-order valence-electron chi connectivity index (χ4n) is 1.58. The smallest absolute Gasteiger partial charge is 0.0684 e. The summed E-state index contributed by atoms with van der Waals surface area (Å²) < 4.78 is 2.07. The first-order valence-electron chi connectivity index (χ1n) is 5.52. The molecule has 0 unspecified atom stereocenters. The van der Waals surface area contributed by atoms with E-state index in [0.717, 1.165) is 0 Å². The zero-order valence-electron chi connectivity index (χ0n) is 10.2. The molecule has 0 amide bonds. The van der Waals surface area contributed by atoms with E-state index in [9.17, 15) is 0 Å². The predicted octanol–water partition coefficient (Wildman–Crippen LogP) is 4.35. The van der Waals surface area contributed by atoms with Gasteiger partial charge in [-0.05, 0) is 31.2 Å². The largest absolute Gasteiger partial charge is 0.270 e. The van der Waals surface area contributed by atoms with Crippen LogP contribution in [0.2, 0.25) is 0 Å². The van der Waals surface area contributed by atoms with Crippen LogP contribution >= 0.6 is 0 Å². The molecule has 0 aliphatic heterocycles. The van der Waals surface area contributed by atoms with Crippen molar-refractivity contribution in [2.75, 3.05) is 0 Å². The Morgan fingerprint density at radius 3 is 1.80 bits per heavy atom. The maximum absolute atomic E-state index is 4.65. The second kappa shape index (κ2) is 5.34. The molecular weight excluding hydrogens is 184 g/mol. The van der Waals surface area contributed by atoms with E-state index >= 15 is 0 Å². The Bertz CT molecular complexity index is 270. The Morgan fingerprint density at radius 1 is 1.00 bits per heavy atom. The lowest BCUT2D eigenvalue weighted by Gasteiger charge is -2.07. The topological polar surface area (TPSA) is 17.8 Å². The molecule has 0 aliphatic carbocycles. The van der Waals surface area contributed by atoms with Crippen molar-refractivity contribution in [2.45, 2.75) is 66.8 Å². The molecule has 1 aromatic rings. The molecule has 2 heteroatoms. The van der Waals surface area contributed by atoms with Crippen molar-refractivity contribution in [3.05, 3.63) is 17.5 Å². The third kappa shape index (κ3) is 3.08. The van der Waals surface area contributed by atoms with Crippen LogP contribution in [0.15, 0.2) is 6.20 Å². The van der Waals surface area contributed by atoms with Gasteiger partial charge in [0.1, 0.15) is 0 Å². The first kappa shape index (κ1) is 14.2. The third-order valence-electron chi connectivity index (χ3n) is 2.49. The van der Waals surface area contributed by atoms with Crippen LogP contribution in [0.25, 0.3) is 0 Å². The minimum Gasteiger partial charge on any atom is -0.270 e. The molecule has 0 saturated heterocycles. The maximum Gasteiger partial charge on any atom is 0.0684 e. The molecule has 0 aliphatic rings. The third-order valence-corrected chi connectivity index (χ3v) is 2.49. The van der Waals surface area contributed by atoms with Gasteiger partial charge in [-0.2, -0.15) is 5.10 Å². The number of hydrogen-bond donors (Lipinski definition) is 0. The first-order chi connectivity index (χ1) is 6.43. The summed E-state index contributed by atoms with van der Waals surface area (Å²) in [5.41, 5.74) is 2.66. The quantitative estimate of drug-likeness (QED) is 0.725. The van der Waals surface area contributed by atoms with Crippen molar-refractivity contribution in [1.29, 1.82) is 0 Å². The summed E-state index contributed by atoms with van der Waals surface area (Å²) >= 11 is 0. The standard InChI is InChI=1S/C12H22N2.CH4/c1-8(2)11-7-14(10(5)6)13-12(11)9(3)4;/h7-10H,1-6H3;1H4. The van der Waals surface area contributed by atoms with Gasteiger partial charge in [0, 0.05) is 12.2 Å². The van der Waals surface area contributed by atoms with Crippen LogP contribution in [-0.2, 0) is 0 Å². The molecule has 0 saturated carbocycles. The van der Waals surface area contributed by atoms with Gasteiger partial charge in [-0.15, -0.1) is 0 Å². The Balaban J connectivity index is 0.00000196. The van der Waals surface area contributed by atoms with E-state index in [2.05, 4.69) is 57.5 Å². The normalized spacial score (nSPS) is 11.3. The summed E-state index contributed by atoms with van der Waals surface area (Å²) in [5, 5.41) is 4.65. The lowest BCUT2D eigenvalue weighted by atomic mass is 9.98. The molecule has 88 valence electrons. The fourth-order valence-corrected chi connectivity index (χ4v) is 1.58. The van der Waals surface area contributed by atoms with Crippen LogP contribution < -0.4 is 0 Å². The van der Waals surface area contributed by atoms with Gasteiger partial charge in [0.15, 0.2) is 0 Å². The first-order valence-corrected chi connectivity index (χ1v) is 5.52. The summed E-state index contributed by atoms with van der Waals surface area (Å²) in [7, 11) is 0. The molecule has 1 heterocycles. The Hall–Kier alpha value is -0.790. The van der Waals surface area contributed by atoms with E-state index in [0.29, 0.717) is 17.9 Å². The molecule has 0 radical (unpaired) electrons. The van der Waals surface area contributed by atoms with Gasteiger partial charge in [-0.3, -0.25) is 4.68 Å². The minimum absolute atomic E-state index is 0. The van der Waals surface area contributed by atoms with Gasteiger partial charge >= 0.3 is 0 Å². The molecule has 0 N–H and O–H groups in total. The summed E-state index contributed by atoms with van der Waals surface area (Å²) in [6, 6.07) is 0.458. The van der Waals surface area contributed by atoms with Gasteiger partial charge in [-0.1, -0.05) is 35.1 Å². The summed E-state index contributed by atoms with van der Waals surface area (Å²) in [6.07, 6.45) is 2.20. The van der Waals surface area contributed by atoms with Crippen LogP contribution in [0.4, 0.5) is 0 Å². The van der Waals surface area contributed by atoms with Gasteiger partial charge in [0.2, 0.25) is 0 Å². The van der Waals surface area contributed by atoms with Gasteiger partial charge in [0.25, 0.3) is 0 Å². The highest BCUT2D eigenvalue weighted by molar-refractivity contribution is 5.23. The average molecular weight is 210 g/mol. The van der Waals surface area contributed by atoms with Crippen molar-refractivity contribution in [2.24, 2.45) is 0 Å². The zero-order valence-corrected chi connectivity index (χ0v) is 10.2. The second-order valence-electron chi connectivity index (χ2n) is 4.85. The van der Waals surface area contributed by atoms with Crippen LogP contribution in [-0.4, -0.2) is 9.78 Å². The molecule has 1 aromatic heterocycles. The highest BCUT2D eigenvalue weighted by Crippen LogP contribution is 2.25. The lowest BCUT2D eigenvalue weighted by Crippen LogP contribution is -2.02. The number of nitrogens with zero attached hydrogens (tertiary/aromatic N) is 2. The highest BCUT2D eigenvalue weighted by Gasteiger charge is 2.15. The highest BCUT2D eigenvalue weighted by atomic mass is 15.3. The number of aromatic nitrogens is 2. The van der Waals surface area contributed by atoms with Crippen molar-refractivity contribution >= 4 is 0 Å². The molecule has 0 spiro atoms. The van der Waals surface area contributed by atoms with Crippen molar-refractivity contribution in [3.63, 3.8) is 0 Å². The average Bonchev–Trinajstić information content (AvgIpc) is 2.47. The molecule has 1 rings (SSSR count). The molecule has 15 heavy (non-hydrogen) atoms. The van der Waals surface area contributed by atoms with E-state index in [1.807, 2.05) is 0 Å². The zero-order chi connectivity index (χ0) is 10.9. The molecule has 0 fully saturated rings. The molecule has 2 nitrogen and oxygen atoms in total. The Kier molecular flexibility index (Phi) is 5.06. The van der Waals surface area contributed by atoms with Gasteiger partial charge in [0.05, 0.1) is 5.69 Å². The number of rotatable bonds is 3. The molecule has 0 bridgehead atoms. The minimum atomic E-state index is 0. The predicted molar refractivity (Wildman–Crippen MR) is 67.5 cm³/mol. The van der Waals surface area contributed by atoms with Gasteiger partial charge < -0.3 is 0 Å². The summed E-state index contributed by atoms with van der Waals surface area (Å²) in [5.74, 6) is 1.09. The van der Waals surface area contributed by atoms with E-state index in [1.165, 1.54) is 11.3 Å². The van der Waals surface area contributed by atoms with Crippen molar-refractivity contribution in [1.82, 2.24) is 9.78 Å². The van der Waals surface area contributed by atoms with Gasteiger partial charge in [-0.25, -0.2) is 0 Å². The van der Waals surface area contributed by atoms with Crippen LogP contribution in [0.5, 0.6) is 0 Å². The van der Waals surface area contributed by atoms with Crippen molar-refractivity contribution < 1.29 is 0 Å². The maximum atomic E-state index is 4.65. The van der Waals surface area contributed by atoms with E-state index in [4.69, 9.17) is 0 Å². The SMILES string of the molecule is C.CC(C)c1cn(C(C)C)nc1C(C)C.